The van der Waals surface area contributed by atoms with E-state index in [1.54, 1.807) is 0 Å². The van der Waals surface area contributed by atoms with Gasteiger partial charge in [-0.25, -0.2) is 0 Å². The Morgan fingerprint density at radius 1 is 1.50 bits per heavy atom. The number of hydrogen-bond donors (Lipinski definition) is 2. The van der Waals surface area contributed by atoms with Gasteiger partial charge in [0.25, 0.3) is 0 Å². The highest BCUT2D eigenvalue weighted by molar-refractivity contribution is 5.75. The van der Waals surface area contributed by atoms with E-state index in [0.29, 0.717) is 12.3 Å². The molecule has 0 aliphatic heterocycles. The summed E-state index contributed by atoms with van der Waals surface area (Å²) in [5.74, 6) is 1.25. The number of amides is 1. The van der Waals surface area contributed by atoms with Crippen LogP contribution in [0.3, 0.4) is 0 Å². The first-order valence-corrected chi connectivity index (χ1v) is 5.46. The van der Waals surface area contributed by atoms with Crippen LogP contribution in [0, 0.1) is 11.8 Å². The summed E-state index contributed by atoms with van der Waals surface area (Å²) < 4.78 is 0. The molecule has 3 N–H and O–H groups in total. The van der Waals surface area contributed by atoms with Crippen molar-refractivity contribution in [2.45, 2.75) is 45.1 Å². The van der Waals surface area contributed by atoms with E-state index in [1.807, 2.05) is 7.05 Å². The quantitative estimate of drug-likeness (QED) is 0.717. The van der Waals surface area contributed by atoms with E-state index in [0.717, 1.165) is 18.8 Å². The molecule has 1 amide bonds. The number of carbonyl (C=O) groups excluding carboxylic acids is 1. The van der Waals surface area contributed by atoms with Crippen LogP contribution in [0.15, 0.2) is 0 Å². The lowest BCUT2D eigenvalue weighted by atomic mass is 9.70. The number of primary amides is 1. The predicted molar refractivity (Wildman–Crippen MR) is 57.8 cm³/mol. The zero-order valence-electron chi connectivity index (χ0n) is 9.47. The van der Waals surface area contributed by atoms with Crippen molar-refractivity contribution in [3.05, 3.63) is 0 Å². The molecule has 0 spiro atoms. The summed E-state index contributed by atoms with van der Waals surface area (Å²) in [7, 11) is 1.94. The minimum atomic E-state index is -0.193. The number of rotatable bonds is 3. The SMILES string of the molecule is CNC1(CC(N)=O)CCC(C)C(C)C1. The molecule has 0 aromatic rings. The van der Waals surface area contributed by atoms with Gasteiger partial charge in [-0.05, 0) is 38.1 Å². The van der Waals surface area contributed by atoms with Gasteiger partial charge in [-0.3, -0.25) is 4.79 Å². The number of hydrogen-bond acceptors (Lipinski definition) is 2. The molecule has 3 heteroatoms. The highest BCUT2D eigenvalue weighted by Gasteiger charge is 2.37. The molecule has 0 aromatic heterocycles. The summed E-state index contributed by atoms with van der Waals surface area (Å²) in [6, 6.07) is 0. The highest BCUT2D eigenvalue weighted by Crippen LogP contribution is 2.37. The molecule has 14 heavy (non-hydrogen) atoms. The molecule has 3 atom stereocenters. The Hall–Kier alpha value is -0.570. The van der Waals surface area contributed by atoms with Crippen molar-refractivity contribution in [3.63, 3.8) is 0 Å². The molecular weight excluding hydrogens is 176 g/mol. The maximum Gasteiger partial charge on any atom is 0.219 e. The molecule has 0 saturated heterocycles. The van der Waals surface area contributed by atoms with E-state index in [9.17, 15) is 4.79 Å². The average molecular weight is 198 g/mol. The standard InChI is InChI=1S/C11H22N2O/c1-8-4-5-11(13-3,6-9(8)2)7-10(12)14/h8-9,13H,4-7H2,1-3H3,(H2,12,14). The minimum absolute atomic E-state index is 0.0300. The van der Waals surface area contributed by atoms with Gasteiger partial charge < -0.3 is 11.1 Å². The molecule has 0 aromatic carbocycles. The third kappa shape index (κ3) is 2.47. The maximum absolute atomic E-state index is 11.0. The van der Waals surface area contributed by atoms with Gasteiger partial charge in [0.15, 0.2) is 0 Å². The average Bonchev–Trinajstić information content (AvgIpc) is 2.11. The molecule has 1 rings (SSSR count). The second-order valence-corrected chi connectivity index (χ2v) is 4.87. The molecule has 82 valence electrons. The molecule has 3 nitrogen and oxygen atoms in total. The van der Waals surface area contributed by atoms with Crippen molar-refractivity contribution in [2.24, 2.45) is 17.6 Å². The van der Waals surface area contributed by atoms with Crippen LogP contribution in [-0.4, -0.2) is 18.5 Å². The third-order valence-electron chi connectivity index (χ3n) is 3.81. The number of carbonyl (C=O) groups is 1. The largest absolute Gasteiger partial charge is 0.370 e. The van der Waals surface area contributed by atoms with Gasteiger partial charge >= 0.3 is 0 Å². The molecule has 1 fully saturated rings. The minimum Gasteiger partial charge on any atom is -0.370 e. The van der Waals surface area contributed by atoms with Crippen LogP contribution in [0.5, 0.6) is 0 Å². The fourth-order valence-corrected chi connectivity index (χ4v) is 2.52. The fraction of sp³-hybridized carbons (Fsp3) is 0.909. The first-order valence-electron chi connectivity index (χ1n) is 5.46. The summed E-state index contributed by atoms with van der Waals surface area (Å²) in [4.78, 5) is 11.0. The molecule has 3 unspecified atom stereocenters. The Labute approximate surface area is 86.4 Å². The predicted octanol–water partition coefficient (Wildman–Crippen LogP) is 1.28. The maximum atomic E-state index is 11.0. The lowest BCUT2D eigenvalue weighted by Gasteiger charge is -2.42. The molecular formula is C11H22N2O. The Morgan fingerprint density at radius 3 is 2.57 bits per heavy atom. The summed E-state index contributed by atoms with van der Waals surface area (Å²) in [5.41, 5.74) is 5.26. The number of nitrogens with one attached hydrogen (secondary N) is 1. The van der Waals surface area contributed by atoms with Crippen molar-refractivity contribution in [1.29, 1.82) is 0 Å². The van der Waals surface area contributed by atoms with Crippen molar-refractivity contribution >= 4 is 5.91 Å². The summed E-state index contributed by atoms with van der Waals surface area (Å²) in [5, 5.41) is 3.30. The second kappa shape index (κ2) is 4.30. The number of nitrogens with two attached hydrogens (primary N) is 1. The van der Waals surface area contributed by atoms with E-state index in [4.69, 9.17) is 5.73 Å². The van der Waals surface area contributed by atoms with Gasteiger partial charge in [0.2, 0.25) is 5.91 Å². The Balaban J connectivity index is 2.66. The highest BCUT2D eigenvalue weighted by atomic mass is 16.1. The van der Waals surface area contributed by atoms with Crippen LogP contribution in [0.25, 0.3) is 0 Å². The van der Waals surface area contributed by atoms with E-state index < -0.39 is 0 Å². The van der Waals surface area contributed by atoms with E-state index in [-0.39, 0.29) is 11.4 Å². The first-order chi connectivity index (χ1) is 6.49. The second-order valence-electron chi connectivity index (χ2n) is 4.87. The monoisotopic (exact) mass is 198 g/mol. The van der Waals surface area contributed by atoms with E-state index >= 15 is 0 Å². The zero-order chi connectivity index (χ0) is 10.8. The smallest absolute Gasteiger partial charge is 0.219 e. The topological polar surface area (TPSA) is 55.1 Å². The first kappa shape index (κ1) is 11.5. The Bertz CT molecular complexity index is 217. The van der Waals surface area contributed by atoms with E-state index in [2.05, 4.69) is 19.2 Å². The van der Waals surface area contributed by atoms with Crippen molar-refractivity contribution in [3.8, 4) is 0 Å². The van der Waals surface area contributed by atoms with Crippen molar-refractivity contribution in [2.75, 3.05) is 7.05 Å². The molecule has 1 aliphatic carbocycles. The van der Waals surface area contributed by atoms with Gasteiger partial charge in [-0.15, -0.1) is 0 Å². The van der Waals surface area contributed by atoms with Gasteiger partial charge in [0.05, 0.1) is 0 Å². The summed E-state index contributed by atoms with van der Waals surface area (Å²) in [6.45, 7) is 4.55. The lowest BCUT2D eigenvalue weighted by Crippen LogP contribution is -2.50. The zero-order valence-corrected chi connectivity index (χ0v) is 9.47. The van der Waals surface area contributed by atoms with Gasteiger partial charge in [-0.2, -0.15) is 0 Å². The normalized spacial score (nSPS) is 38.2. The van der Waals surface area contributed by atoms with Crippen LogP contribution in [0.4, 0.5) is 0 Å². The molecule has 0 heterocycles. The van der Waals surface area contributed by atoms with Crippen LogP contribution >= 0.6 is 0 Å². The Morgan fingerprint density at radius 2 is 2.14 bits per heavy atom. The van der Waals surface area contributed by atoms with Crippen LogP contribution in [0.1, 0.15) is 39.5 Å². The molecule has 0 radical (unpaired) electrons. The molecule has 1 aliphatic rings. The lowest BCUT2D eigenvalue weighted by molar-refractivity contribution is -0.120. The fourth-order valence-electron chi connectivity index (χ4n) is 2.52. The van der Waals surface area contributed by atoms with Crippen molar-refractivity contribution < 1.29 is 4.79 Å². The van der Waals surface area contributed by atoms with Gasteiger partial charge in [-0.1, -0.05) is 13.8 Å². The van der Waals surface area contributed by atoms with Gasteiger partial charge in [0, 0.05) is 12.0 Å². The van der Waals surface area contributed by atoms with Crippen LogP contribution in [0.2, 0.25) is 0 Å². The summed E-state index contributed by atoms with van der Waals surface area (Å²) in [6.07, 6.45) is 3.79. The Kier molecular flexibility index (Phi) is 3.53. The van der Waals surface area contributed by atoms with Crippen LogP contribution < -0.4 is 11.1 Å². The summed E-state index contributed by atoms with van der Waals surface area (Å²) >= 11 is 0. The van der Waals surface area contributed by atoms with E-state index in [1.165, 1.54) is 6.42 Å². The molecule has 1 saturated carbocycles. The van der Waals surface area contributed by atoms with Crippen molar-refractivity contribution in [1.82, 2.24) is 5.32 Å². The van der Waals surface area contributed by atoms with Crippen LogP contribution in [-0.2, 0) is 4.79 Å². The third-order valence-corrected chi connectivity index (χ3v) is 3.81. The van der Waals surface area contributed by atoms with Gasteiger partial charge in [0.1, 0.15) is 0 Å². The molecule has 0 bridgehead atoms.